The third kappa shape index (κ3) is 3.86. The lowest BCUT2D eigenvalue weighted by molar-refractivity contribution is -0.115. The van der Waals surface area contributed by atoms with Crippen LogP contribution in [0, 0.1) is 12.3 Å². The quantitative estimate of drug-likeness (QED) is 0.683. The van der Waals surface area contributed by atoms with Crippen molar-refractivity contribution in [1.29, 1.82) is 0 Å². The Kier molecular flexibility index (Phi) is 5.39. The minimum Gasteiger partial charge on any atom is -0.371 e. The van der Waals surface area contributed by atoms with E-state index in [1.54, 1.807) is 0 Å². The number of benzene rings is 1. The molecule has 1 unspecified atom stereocenters. The van der Waals surface area contributed by atoms with Crippen LogP contribution < -0.4 is 4.90 Å². The van der Waals surface area contributed by atoms with Gasteiger partial charge in [0, 0.05) is 24.2 Å². The fourth-order valence-electron chi connectivity index (χ4n) is 2.32. The number of rotatable bonds is 7. The molecule has 1 aromatic rings. The number of carbonyl (C=O) groups excluding carboxylic acids is 1. The van der Waals surface area contributed by atoms with E-state index in [0.717, 1.165) is 32.2 Å². The summed E-state index contributed by atoms with van der Waals surface area (Å²) in [6.45, 7) is 10.1. The van der Waals surface area contributed by atoms with Crippen LogP contribution in [0.15, 0.2) is 24.3 Å². The van der Waals surface area contributed by atoms with Crippen LogP contribution in [-0.4, -0.2) is 19.4 Å². The molecule has 1 atom stereocenters. The number of aryl methyl sites for hydroxylation is 1. The Bertz CT molecular complexity index is 371. The third-order valence-corrected chi connectivity index (χ3v) is 3.44. The molecule has 0 aliphatic carbocycles. The van der Waals surface area contributed by atoms with Crippen molar-refractivity contribution in [2.45, 2.75) is 40.5 Å². The molecular formula is C16H25NO. The molecule has 0 radical (unpaired) electrons. The highest BCUT2D eigenvalue weighted by Crippen LogP contribution is 2.25. The molecule has 0 aliphatic heterocycles. The SMILES string of the molecule is CCCC(C)(C=O)CN(CC)c1ccc(C)cc1. The molecule has 2 nitrogen and oxygen atoms in total. The van der Waals surface area contributed by atoms with Crippen molar-refractivity contribution in [3.05, 3.63) is 29.8 Å². The lowest BCUT2D eigenvalue weighted by Crippen LogP contribution is -2.37. The van der Waals surface area contributed by atoms with E-state index in [1.165, 1.54) is 11.3 Å². The molecule has 0 heterocycles. The predicted molar refractivity (Wildman–Crippen MR) is 78.1 cm³/mol. The summed E-state index contributed by atoms with van der Waals surface area (Å²) in [7, 11) is 0. The number of hydrogen-bond acceptors (Lipinski definition) is 2. The molecule has 0 bridgehead atoms. The number of aldehydes is 1. The van der Waals surface area contributed by atoms with Gasteiger partial charge in [0.2, 0.25) is 0 Å². The smallest absolute Gasteiger partial charge is 0.127 e. The van der Waals surface area contributed by atoms with Crippen LogP contribution >= 0.6 is 0 Å². The van der Waals surface area contributed by atoms with Crippen molar-refractivity contribution in [1.82, 2.24) is 0 Å². The van der Waals surface area contributed by atoms with Gasteiger partial charge in [-0.05, 0) is 32.4 Å². The Morgan fingerprint density at radius 3 is 2.28 bits per heavy atom. The number of hydrogen-bond donors (Lipinski definition) is 0. The zero-order valence-corrected chi connectivity index (χ0v) is 12.1. The first-order chi connectivity index (χ1) is 8.54. The molecule has 0 saturated heterocycles. The Morgan fingerprint density at radius 1 is 1.22 bits per heavy atom. The van der Waals surface area contributed by atoms with Gasteiger partial charge in [-0.25, -0.2) is 0 Å². The average Bonchev–Trinajstić information content (AvgIpc) is 2.37. The summed E-state index contributed by atoms with van der Waals surface area (Å²) in [4.78, 5) is 13.6. The maximum absolute atomic E-state index is 11.3. The number of carbonyl (C=O) groups is 1. The van der Waals surface area contributed by atoms with Crippen molar-refractivity contribution in [3.8, 4) is 0 Å². The summed E-state index contributed by atoms with van der Waals surface area (Å²) >= 11 is 0. The topological polar surface area (TPSA) is 20.3 Å². The molecule has 1 rings (SSSR count). The summed E-state index contributed by atoms with van der Waals surface area (Å²) in [6.07, 6.45) is 3.10. The van der Waals surface area contributed by atoms with Gasteiger partial charge in [-0.3, -0.25) is 0 Å². The molecule has 0 fully saturated rings. The van der Waals surface area contributed by atoms with Crippen LogP contribution in [0.2, 0.25) is 0 Å². The van der Waals surface area contributed by atoms with Crippen molar-refractivity contribution in [2.24, 2.45) is 5.41 Å². The van der Waals surface area contributed by atoms with E-state index in [2.05, 4.69) is 56.9 Å². The monoisotopic (exact) mass is 247 g/mol. The van der Waals surface area contributed by atoms with E-state index < -0.39 is 0 Å². The fraction of sp³-hybridized carbons (Fsp3) is 0.562. The molecule has 18 heavy (non-hydrogen) atoms. The van der Waals surface area contributed by atoms with E-state index >= 15 is 0 Å². The zero-order valence-electron chi connectivity index (χ0n) is 12.1. The van der Waals surface area contributed by atoms with Crippen LogP contribution in [0.25, 0.3) is 0 Å². The van der Waals surface area contributed by atoms with Gasteiger partial charge in [0.15, 0.2) is 0 Å². The van der Waals surface area contributed by atoms with E-state index in [0.29, 0.717) is 0 Å². The summed E-state index contributed by atoms with van der Waals surface area (Å²) in [5, 5.41) is 0. The van der Waals surface area contributed by atoms with Gasteiger partial charge in [-0.2, -0.15) is 0 Å². The first-order valence-corrected chi connectivity index (χ1v) is 6.82. The van der Waals surface area contributed by atoms with Gasteiger partial charge < -0.3 is 9.69 Å². The Morgan fingerprint density at radius 2 is 1.83 bits per heavy atom. The van der Waals surface area contributed by atoms with Gasteiger partial charge in [0.25, 0.3) is 0 Å². The number of nitrogens with zero attached hydrogens (tertiary/aromatic N) is 1. The van der Waals surface area contributed by atoms with Gasteiger partial charge in [0.1, 0.15) is 6.29 Å². The van der Waals surface area contributed by atoms with Crippen LogP contribution in [-0.2, 0) is 4.79 Å². The normalized spacial score (nSPS) is 14.0. The molecule has 2 heteroatoms. The average molecular weight is 247 g/mol. The largest absolute Gasteiger partial charge is 0.371 e. The second-order valence-corrected chi connectivity index (χ2v) is 5.37. The van der Waals surface area contributed by atoms with Crippen LogP contribution in [0.1, 0.15) is 39.2 Å². The Balaban J connectivity index is 2.83. The second-order valence-electron chi connectivity index (χ2n) is 5.37. The molecule has 0 aromatic heterocycles. The van der Waals surface area contributed by atoms with Gasteiger partial charge >= 0.3 is 0 Å². The van der Waals surface area contributed by atoms with Crippen molar-refractivity contribution in [2.75, 3.05) is 18.0 Å². The molecule has 0 N–H and O–H groups in total. The summed E-state index contributed by atoms with van der Waals surface area (Å²) in [6, 6.07) is 8.51. The summed E-state index contributed by atoms with van der Waals surface area (Å²) in [5.74, 6) is 0. The highest BCUT2D eigenvalue weighted by Gasteiger charge is 2.25. The Labute approximate surface area is 111 Å². The van der Waals surface area contributed by atoms with E-state index in [4.69, 9.17) is 0 Å². The molecule has 1 aromatic carbocycles. The highest BCUT2D eigenvalue weighted by molar-refractivity contribution is 5.61. The maximum atomic E-state index is 11.3. The molecule has 0 amide bonds. The third-order valence-electron chi connectivity index (χ3n) is 3.44. The van der Waals surface area contributed by atoms with Crippen LogP contribution in [0.3, 0.4) is 0 Å². The minimum atomic E-state index is -0.240. The van der Waals surface area contributed by atoms with E-state index in [9.17, 15) is 4.79 Å². The Hall–Kier alpha value is -1.31. The van der Waals surface area contributed by atoms with Crippen LogP contribution in [0.5, 0.6) is 0 Å². The van der Waals surface area contributed by atoms with E-state index in [-0.39, 0.29) is 5.41 Å². The predicted octanol–water partition coefficient (Wildman–Crippen LogP) is 3.83. The molecule has 0 spiro atoms. The standard InChI is InChI=1S/C16H25NO/c1-5-11-16(4,13-18)12-17(6-2)15-9-7-14(3)8-10-15/h7-10,13H,5-6,11-12H2,1-4H3. The van der Waals surface area contributed by atoms with Gasteiger partial charge in [0.05, 0.1) is 0 Å². The summed E-state index contributed by atoms with van der Waals surface area (Å²) in [5.41, 5.74) is 2.23. The van der Waals surface area contributed by atoms with Crippen molar-refractivity contribution >= 4 is 12.0 Å². The van der Waals surface area contributed by atoms with Gasteiger partial charge in [-0.1, -0.05) is 38.0 Å². The van der Waals surface area contributed by atoms with Crippen LogP contribution in [0.4, 0.5) is 5.69 Å². The lowest BCUT2D eigenvalue weighted by atomic mass is 9.86. The lowest BCUT2D eigenvalue weighted by Gasteiger charge is -2.32. The maximum Gasteiger partial charge on any atom is 0.127 e. The van der Waals surface area contributed by atoms with Crippen molar-refractivity contribution < 1.29 is 4.79 Å². The molecular weight excluding hydrogens is 222 g/mol. The first-order valence-electron chi connectivity index (χ1n) is 6.82. The first kappa shape index (κ1) is 14.7. The minimum absolute atomic E-state index is 0.240. The van der Waals surface area contributed by atoms with E-state index in [1.807, 2.05) is 0 Å². The second kappa shape index (κ2) is 6.58. The fourth-order valence-corrected chi connectivity index (χ4v) is 2.32. The van der Waals surface area contributed by atoms with Gasteiger partial charge in [-0.15, -0.1) is 0 Å². The van der Waals surface area contributed by atoms with Crippen molar-refractivity contribution in [3.63, 3.8) is 0 Å². The zero-order chi connectivity index (χ0) is 13.6. The molecule has 100 valence electrons. The molecule has 0 saturated carbocycles. The number of anilines is 1. The summed E-state index contributed by atoms with van der Waals surface area (Å²) < 4.78 is 0. The highest BCUT2D eigenvalue weighted by atomic mass is 16.1. The molecule has 0 aliphatic rings.